The van der Waals surface area contributed by atoms with E-state index < -0.39 is 9.84 Å². The molecular formula is C29H36N6O4S. The molecule has 1 aliphatic carbocycles. The molecule has 3 aromatic rings. The number of aromatic amines is 1. The number of nitrogens with zero attached hydrogens (tertiary/aromatic N) is 4. The number of aromatic nitrogens is 3. The van der Waals surface area contributed by atoms with Crippen LogP contribution in [0.4, 0.5) is 5.69 Å². The number of hydrogen-bond donors (Lipinski definition) is 2. The van der Waals surface area contributed by atoms with E-state index in [1.54, 1.807) is 18.2 Å². The molecule has 11 heteroatoms. The minimum atomic E-state index is -2.93. The molecule has 1 saturated heterocycles. The summed E-state index contributed by atoms with van der Waals surface area (Å²) in [7, 11) is -1.05. The Bertz CT molecular complexity index is 1430. The van der Waals surface area contributed by atoms with Crippen LogP contribution in [-0.2, 0) is 27.6 Å². The number of hydrogen-bond acceptors (Lipinski definition) is 7. The number of rotatable bonds is 8. The van der Waals surface area contributed by atoms with E-state index in [2.05, 4.69) is 25.4 Å². The third-order valence-electron chi connectivity index (χ3n) is 7.80. The molecule has 10 nitrogen and oxygen atoms in total. The summed E-state index contributed by atoms with van der Waals surface area (Å²) in [6.07, 6.45) is 5.90. The highest BCUT2D eigenvalue weighted by atomic mass is 32.2. The number of sulfone groups is 1. The average molecular weight is 565 g/mol. The Morgan fingerprint density at radius 1 is 1.05 bits per heavy atom. The number of nitrogens with one attached hydrogen (secondary N) is 2. The fraction of sp³-hybridized carbons (Fsp3) is 0.448. The van der Waals surface area contributed by atoms with Crippen molar-refractivity contribution in [1.82, 2.24) is 25.0 Å². The first-order valence-electron chi connectivity index (χ1n) is 13.9. The zero-order chi connectivity index (χ0) is 28.1. The molecule has 2 heterocycles. The van der Waals surface area contributed by atoms with E-state index >= 15 is 0 Å². The third kappa shape index (κ3) is 7.14. The number of H-pyrrole nitrogens is 1. The molecule has 0 spiro atoms. The Hall–Kier alpha value is -3.57. The fourth-order valence-electron chi connectivity index (χ4n) is 5.33. The van der Waals surface area contributed by atoms with E-state index in [4.69, 9.17) is 0 Å². The van der Waals surface area contributed by atoms with Crippen molar-refractivity contribution in [3.05, 3.63) is 65.5 Å². The topological polar surface area (TPSA) is 128 Å². The maximum Gasteiger partial charge on any atom is 0.255 e. The molecule has 0 unspecified atom stereocenters. The van der Waals surface area contributed by atoms with Crippen molar-refractivity contribution in [3.63, 3.8) is 0 Å². The number of likely N-dealkylation sites (N-methyl/N-ethyl adjacent to an activating group) is 1. The van der Waals surface area contributed by atoms with Crippen molar-refractivity contribution in [3.8, 4) is 11.4 Å². The van der Waals surface area contributed by atoms with Gasteiger partial charge in [-0.15, -0.1) is 0 Å². The molecule has 1 aliphatic heterocycles. The Balaban J connectivity index is 1.15. The van der Waals surface area contributed by atoms with Crippen molar-refractivity contribution in [1.29, 1.82) is 0 Å². The van der Waals surface area contributed by atoms with Gasteiger partial charge in [-0.3, -0.25) is 19.6 Å². The van der Waals surface area contributed by atoms with E-state index in [9.17, 15) is 18.0 Å². The summed E-state index contributed by atoms with van der Waals surface area (Å²) in [6.45, 7) is 1.61. The standard InChI is InChI=1S/C29H36N6O4S/c1-34(25-8-3-2-4-9-25)27(36)19-26-31-28(33-32-26)22-10-12-24(13-11-22)30-29(37)23-7-5-6-21(18-23)20-35-14-16-40(38,39)17-15-35/h5-7,10-13,18,25H,2-4,8-9,14-17,19-20H2,1H3,(H,30,37)(H,31,32,33). The zero-order valence-electron chi connectivity index (χ0n) is 22.8. The van der Waals surface area contributed by atoms with Gasteiger partial charge < -0.3 is 10.2 Å². The number of carbonyl (C=O) groups is 2. The van der Waals surface area contributed by atoms with Crippen LogP contribution in [0.25, 0.3) is 11.4 Å². The first-order chi connectivity index (χ1) is 19.3. The van der Waals surface area contributed by atoms with E-state index in [-0.39, 0.29) is 29.7 Å². The van der Waals surface area contributed by atoms with Crippen molar-refractivity contribution < 1.29 is 18.0 Å². The van der Waals surface area contributed by atoms with Crippen LogP contribution in [0.5, 0.6) is 0 Å². The van der Waals surface area contributed by atoms with Crippen molar-refractivity contribution in [2.75, 3.05) is 37.0 Å². The van der Waals surface area contributed by atoms with Crippen molar-refractivity contribution in [2.24, 2.45) is 0 Å². The van der Waals surface area contributed by atoms with Gasteiger partial charge in [0.15, 0.2) is 15.7 Å². The molecule has 2 amide bonds. The third-order valence-corrected chi connectivity index (χ3v) is 9.41. The summed E-state index contributed by atoms with van der Waals surface area (Å²) in [6, 6.07) is 15.0. The number of anilines is 1. The summed E-state index contributed by atoms with van der Waals surface area (Å²) in [5.74, 6) is 1.20. The Kier molecular flexibility index (Phi) is 8.60. The smallest absolute Gasteiger partial charge is 0.255 e. The van der Waals surface area contributed by atoms with Crippen LogP contribution >= 0.6 is 0 Å². The van der Waals surface area contributed by atoms with Gasteiger partial charge in [0.2, 0.25) is 5.91 Å². The normalized spacial score (nSPS) is 17.8. The molecule has 5 rings (SSSR count). The lowest BCUT2D eigenvalue weighted by molar-refractivity contribution is -0.131. The summed E-state index contributed by atoms with van der Waals surface area (Å²) in [4.78, 5) is 34.1. The summed E-state index contributed by atoms with van der Waals surface area (Å²) in [5, 5.41) is 10.1. The maximum atomic E-state index is 12.9. The van der Waals surface area contributed by atoms with Crippen LogP contribution in [0.15, 0.2) is 48.5 Å². The van der Waals surface area contributed by atoms with Gasteiger partial charge in [-0.25, -0.2) is 13.4 Å². The number of benzene rings is 2. The molecule has 40 heavy (non-hydrogen) atoms. The second kappa shape index (κ2) is 12.3. The van der Waals surface area contributed by atoms with Gasteiger partial charge in [0.05, 0.1) is 17.9 Å². The largest absolute Gasteiger partial charge is 0.342 e. The van der Waals surface area contributed by atoms with Crippen LogP contribution in [0, 0.1) is 0 Å². The molecule has 2 N–H and O–H groups in total. The molecule has 0 bridgehead atoms. The molecule has 212 valence electrons. The minimum Gasteiger partial charge on any atom is -0.342 e. The Labute approximate surface area is 235 Å². The first-order valence-corrected chi connectivity index (χ1v) is 15.7. The zero-order valence-corrected chi connectivity index (χ0v) is 23.6. The maximum absolute atomic E-state index is 12.9. The quantitative estimate of drug-likeness (QED) is 0.430. The summed E-state index contributed by atoms with van der Waals surface area (Å²) in [5.41, 5.74) is 2.92. The fourth-order valence-corrected chi connectivity index (χ4v) is 6.60. The molecule has 0 radical (unpaired) electrons. The van der Waals surface area contributed by atoms with Crippen LogP contribution in [0.2, 0.25) is 0 Å². The van der Waals surface area contributed by atoms with E-state index in [1.807, 2.05) is 42.3 Å². The van der Waals surface area contributed by atoms with Crippen LogP contribution in [0.1, 0.15) is 53.8 Å². The van der Waals surface area contributed by atoms with Gasteiger partial charge >= 0.3 is 0 Å². The Morgan fingerprint density at radius 3 is 2.50 bits per heavy atom. The van der Waals surface area contributed by atoms with Gasteiger partial charge in [0.1, 0.15) is 5.82 Å². The van der Waals surface area contributed by atoms with Gasteiger partial charge in [-0.1, -0.05) is 31.4 Å². The van der Waals surface area contributed by atoms with E-state index in [1.165, 1.54) is 19.3 Å². The molecule has 0 atom stereocenters. The lowest BCUT2D eigenvalue weighted by Gasteiger charge is -2.31. The van der Waals surface area contributed by atoms with Crippen LogP contribution in [-0.4, -0.2) is 82.9 Å². The number of amides is 2. The lowest BCUT2D eigenvalue weighted by atomic mass is 9.94. The highest BCUT2D eigenvalue weighted by Crippen LogP contribution is 2.23. The van der Waals surface area contributed by atoms with Gasteiger partial charge in [0, 0.05) is 49.5 Å². The molecular weight excluding hydrogens is 528 g/mol. The monoisotopic (exact) mass is 564 g/mol. The van der Waals surface area contributed by atoms with Crippen molar-refractivity contribution in [2.45, 2.75) is 51.1 Å². The summed E-state index contributed by atoms with van der Waals surface area (Å²) < 4.78 is 23.4. The van der Waals surface area contributed by atoms with E-state index in [0.717, 1.165) is 24.0 Å². The molecule has 2 aromatic carbocycles. The second-order valence-corrected chi connectivity index (χ2v) is 13.0. The summed E-state index contributed by atoms with van der Waals surface area (Å²) >= 11 is 0. The minimum absolute atomic E-state index is 0.0422. The van der Waals surface area contributed by atoms with E-state index in [0.29, 0.717) is 48.6 Å². The number of carbonyl (C=O) groups excluding carboxylic acids is 2. The molecule has 2 aliphatic rings. The van der Waals surface area contributed by atoms with Crippen molar-refractivity contribution >= 4 is 27.3 Å². The van der Waals surface area contributed by atoms with Crippen LogP contribution in [0.3, 0.4) is 0 Å². The highest BCUT2D eigenvalue weighted by Gasteiger charge is 2.23. The van der Waals surface area contributed by atoms with Gasteiger partial charge in [0.25, 0.3) is 5.91 Å². The predicted molar refractivity (Wildman–Crippen MR) is 153 cm³/mol. The van der Waals surface area contributed by atoms with Crippen LogP contribution < -0.4 is 5.32 Å². The molecule has 2 fully saturated rings. The van der Waals surface area contributed by atoms with Gasteiger partial charge in [-0.05, 0) is 54.8 Å². The molecule has 1 aromatic heterocycles. The highest BCUT2D eigenvalue weighted by molar-refractivity contribution is 7.91. The lowest BCUT2D eigenvalue weighted by Crippen LogP contribution is -2.39. The SMILES string of the molecule is CN(C(=O)Cc1nc(-c2ccc(NC(=O)c3cccc(CN4CCS(=O)(=O)CC4)c3)cc2)n[nH]1)C1CCCCC1. The molecule has 1 saturated carbocycles. The average Bonchev–Trinajstić information content (AvgIpc) is 3.43. The predicted octanol–water partition coefficient (Wildman–Crippen LogP) is 3.29. The van der Waals surface area contributed by atoms with Gasteiger partial charge in [-0.2, -0.15) is 5.10 Å². The second-order valence-electron chi connectivity index (χ2n) is 10.7. The Morgan fingerprint density at radius 2 is 1.77 bits per heavy atom. The first kappa shape index (κ1) is 28.0.